The highest BCUT2D eigenvalue weighted by molar-refractivity contribution is 5.73. The van der Waals surface area contributed by atoms with Crippen LogP contribution in [-0.4, -0.2) is 64.2 Å². The number of aliphatic hydroxyl groups excluding tert-OH is 3. The van der Waals surface area contributed by atoms with Gasteiger partial charge in [-0.15, -0.1) is 0 Å². The summed E-state index contributed by atoms with van der Waals surface area (Å²) in [5.41, 5.74) is 0.852. The third-order valence-corrected chi connectivity index (χ3v) is 3.60. The Kier molecular flexibility index (Phi) is 5.79. The van der Waals surface area contributed by atoms with Crippen LogP contribution in [0.2, 0.25) is 0 Å². The number of benzene rings is 1. The Hall–Kier alpha value is -2.13. The Morgan fingerprint density at radius 3 is 2.46 bits per heavy atom. The number of methoxy groups -OCH3 is 1. The average Bonchev–Trinajstić information content (AvgIpc) is 2.56. The van der Waals surface area contributed by atoms with Crippen molar-refractivity contribution in [2.45, 2.75) is 37.6 Å². The SMILES string of the molecule is C/C=C\c1ccc(O[C@@H]2O[C@@H](C(=O)O)[C@@H](O)[C@@H](O)[C@H]2O)c(OC)c1. The number of allylic oxidation sites excluding steroid dienone is 1. The first-order chi connectivity index (χ1) is 11.4. The number of ether oxygens (including phenoxy) is 3. The van der Waals surface area contributed by atoms with Crippen molar-refractivity contribution in [2.75, 3.05) is 7.11 Å². The van der Waals surface area contributed by atoms with Crippen LogP contribution in [0.5, 0.6) is 11.5 Å². The van der Waals surface area contributed by atoms with E-state index >= 15 is 0 Å². The first kappa shape index (κ1) is 18.2. The molecule has 0 saturated carbocycles. The minimum atomic E-state index is -1.77. The molecule has 8 nitrogen and oxygen atoms in total. The lowest BCUT2D eigenvalue weighted by molar-refractivity contribution is -0.271. The Balaban J connectivity index is 2.24. The van der Waals surface area contributed by atoms with Gasteiger partial charge in [-0.1, -0.05) is 18.2 Å². The smallest absolute Gasteiger partial charge is 0.335 e. The molecule has 1 aromatic rings. The van der Waals surface area contributed by atoms with E-state index in [2.05, 4.69) is 0 Å². The number of carbonyl (C=O) groups is 1. The van der Waals surface area contributed by atoms with Gasteiger partial charge in [0.15, 0.2) is 17.6 Å². The summed E-state index contributed by atoms with van der Waals surface area (Å²) in [6.07, 6.45) is -4.63. The molecule has 0 aromatic heterocycles. The topological polar surface area (TPSA) is 126 Å². The predicted octanol–water partition coefficient (Wildman–Crippen LogP) is -0.000700. The molecule has 1 aliphatic heterocycles. The van der Waals surface area contributed by atoms with Crippen molar-refractivity contribution in [3.8, 4) is 11.5 Å². The third-order valence-electron chi connectivity index (χ3n) is 3.60. The second-order valence-electron chi connectivity index (χ2n) is 5.26. The number of aliphatic hydroxyl groups is 3. The van der Waals surface area contributed by atoms with Gasteiger partial charge in [-0.25, -0.2) is 4.79 Å². The average molecular weight is 340 g/mol. The van der Waals surface area contributed by atoms with Gasteiger partial charge in [0.05, 0.1) is 7.11 Å². The second-order valence-corrected chi connectivity index (χ2v) is 5.26. The summed E-state index contributed by atoms with van der Waals surface area (Å²) in [6.45, 7) is 1.86. The molecular formula is C16H20O8. The van der Waals surface area contributed by atoms with Crippen molar-refractivity contribution in [3.05, 3.63) is 29.8 Å². The molecule has 24 heavy (non-hydrogen) atoms. The van der Waals surface area contributed by atoms with E-state index < -0.39 is 36.7 Å². The van der Waals surface area contributed by atoms with Gasteiger partial charge in [0.25, 0.3) is 0 Å². The van der Waals surface area contributed by atoms with Crippen LogP contribution >= 0.6 is 0 Å². The summed E-state index contributed by atoms with van der Waals surface area (Å²) in [5.74, 6) is -0.936. The zero-order chi connectivity index (χ0) is 17.9. The predicted molar refractivity (Wildman–Crippen MR) is 82.6 cm³/mol. The summed E-state index contributed by atoms with van der Waals surface area (Å²) in [7, 11) is 1.43. The van der Waals surface area contributed by atoms with Gasteiger partial charge in [0.1, 0.15) is 18.3 Å². The van der Waals surface area contributed by atoms with Gasteiger partial charge in [0, 0.05) is 0 Å². The van der Waals surface area contributed by atoms with Gasteiger partial charge in [-0.3, -0.25) is 0 Å². The molecule has 0 aliphatic carbocycles. The van der Waals surface area contributed by atoms with Crippen molar-refractivity contribution in [1.82, 2.24) is 0 Å². The van der Waals surface area contributed by atoms with Gasteiger partial charge >= 0.3 is 5.97 Å². The molecule has 2 rings (SSSR count). The minimum Gasteiger partial charge on any atom is -0.493 e. The van der Waals surface area contributed by atoms with Crippen molar-refractivity contribution < 1.29 is 39.4 Å². The molecule has 0 spiro atoms. The quantitative estimate of drug-likeness (QED) is 0.590. The van der Waals surface area contributed by atoms with E-state index in [4.69, 9.17) is 19.3 Å². The lowest BCUT2D eigenvalue weighted by Crippen LogP contribution is -2.61. The molecule has 5 atom stereocenters. The molecule has 0 bridgehead atoms. The van der Waals surface area contributed by atoms with Gasteiger partial charge in [0.2, 0.25) is 6.29 Å². The minimum absolute atomic E-state index is 0.197. The highest BCUT2D eigenvalue weighted by atomic mass is 16.7. The normalized spacial score (nSPS) is 30.3. The van der Waals surface area contributed by atoms with E-state index in [0.717, 1.165) is 5.56 Å². The summed E-state index contributed by atoms with van der Waals surface area (Å²) in [5, 5.41) is 38.4. The molecule has 8 heteroatoms. The number of hydrogen-bond acceptors (Lipinski definition) is 7. The molecule has 0 unspecified atom stereocenters. The molecule has 1 aromatic carbocycles. The van der Waals surface area contributed by atoms with E-state index in [1.807, 2.05) is 19.1 Å². The lowest BCUT2D eigenvalue weighted by Gasteiger charge is -2.38. The Morgan fingerprint density at radius 1 is 1.17 bits per heavy atom. The van der Waals surface area contributed by atoms with Gasteiger partial charge in [-0.2, -0.15) is 0 Å². The Labute approximate surface area is 138 Å². The van der Waals surface area contributed by atoms with Crippen LogP contribution in [0.1, 0.15) is 12.5 Å². The first-order valence-corrected chi connectivity index (χ1v) is 7.29. The largest absolute Gasteiger partial charge is 0.493 e. The maximum absolute atomic E-state index is 11.1. The van der Waals surface area contributed by atoms with Crippen LogP contribution in [0.4, 0.5) is 0 Å². The second kappa shape index (κ2) is 7.63. The highest BCUT2D eigenvalue weighted by Crippen LogP contribution is 2.32. The van der Waals surface area contributed by atoms with E-state index in [1.165, 1.54) is 7.11 Å². The molecule has 4 N–H and O–H groups in total. The molecule has 0 radical (unpaired) electrons. The van der Waals surface area contributed by atoms with E-state index in [9.17, 15) is 20.1 Å². The number of hydrogen-bond donors (Lipinski definition) is 4. The molecule has 132 valence electrons. The van der Waals surface area contributed by atoms with E-state index in [0.29, 0.717) is 5.75 Å². The van der Waals surface area contributed by atoms with Crippen LogP contribution in [0, 0.1) is 0 Å². The van der Waals surface area contributed by atoms with Crippen molar-refractivity contribution in [3.63, 3.8) is 0 Å². The number of carboxylic acid groups (broad SMARTS) is 1. The monoisotopic (exact) mass is 340 g/mol. The number of carboxylic acids is 1. The van der Waals surface area contributed by atoms with Crippen LogP contribution in [0.3, 0.4) is 0 Å². The van der Waals surface area contributed by atoms with Crippen molar-refractivity contribution in [1.29, 1.82) is 0 Å². The van der Waals surface area contributed by atoms with E-state index in [-0.39, 0.29) is 5.75 Å². The van der Waals surface area contributed by atoms with Crippen LogP contribution in [0.25, 0.3) is 6.08 Å². The molecule has 1 fully saturated rings. The molecular weight excluding hydrogens is 320 g/mol. The maximum atomic E-state index is 11.1. The Morgan fingerprint density at radius 2 is 1.88 bits per heavy atom. The standard InChI is InChI=1S/C16H20O8/c1-3-4-8-5-6-9(10(7-8)22-2)23-16-13(19)11(17)12(18)14(24-16)15(20)21/h3-7,11-14,16-19H,1-2H3,(H,20,21)/b4-3-/t11-,12+,13-,14-,16-/m1/s1. The van der Waals surface area contributed by atoms with E-state index in [1.54, 1.807) is 18.2 Å². The Bertz CT molecular complexity index is 614. The first-order valence-electron chi connectivity index (χ1n) is 7.29. The molecule has 1 saturated heterocycles. The van der Waals surface area contributed by atoms with Gasteiger partial charge < -0.3 is 34.6 Å². The number of aliphatic carboxylic acids is 1. The van der Waals surface area contributed by atoms with Crippen LogP contribution < -0.4 is 9.47 Å². The molecule has 1 aliphatic rings. The molecule has 0 amide bonds. The summed E-state index contributed by atoms with van der Waals surface area (Å²) in [4.78, 5) is 11.1. The fourth-order valence-electron chi connectivity index (χ4n) is 2.35. The van der Waals surface area contributed by atoms with Crippen LogP contribution in [0.15, 0.2) is 24.3 Å². The van der Waals surface area contributed by atoms with Crippen molar-refractivity contribution >= 4 is 12.0 Å². The van der Waals surface area contributed by atoms with Crippen molar-refractivity contribution in [2.24, 2.45) is 0 Å². The zero-order valence-corrected chi connectivity index (χ0v) is 13.2. The third kappa shape index (κ3) is 3.68. The summed E-state index contributed by atoms with van der Waals surface area (Å²) >= 11 is 0. The van der Waals surface area contributed by atoms with Crippen LogP contribution in [-0.2, 0) is 9.53 Å². The number of rotatable bonds is 5. The molecule has 1 heterocycles. The fourth-order valence-corrected chi connectivity index (χ4v) is 2.35. The maximum Gasteiger partial charge on any atom is 0.335 e. The fraction of sp³-hybridized carbons (Fsp3) is 0.438. The summed E-state index contributed by atoms with van der Waals surface area (Å²) < 4.78 is 15.7. The lowest BCUT2D eigenvalue weighted by atomic mass is 9.99. The highest BCUT2D eigenvalue weighted by Gasteiger charge is 2.48. The zero-order valence-electron chi connectivity index (χ0n) is 13.2. The van der Waals surface area contributed by atoms with Gasteiger partial charge in [-0.05, 0) is 24.6 Å². The summed E-state index contributed by atoms with van der Waals surface area (Å²) in [6, 6.07) is 4.98.